The molecular weight excluding hydrogens is 200 g/mol. The molecular formula is C9H20N2S2. The topological polar surface area (TPSA) is 29.3 Å². The molecule has 0 radical (unpaired) electrons. The van der Waals surface area contributed by atoms with Crippen molar-refractivity contribution in [1.82, 2.24) is 4.90 Å². The summed E-state index contributed by atoms with van der Waals surface area (Å²) in [6, 6.07) is 0.224. The molecule has 0 heterocycles. The average molecular weight is 220 g/mol. The molecule has 0 rings (SSSR count). The Balaban J connectivity index is 3.50. The molecule has 4 heteroatoms. The van der Waals surface area contributed by atoms with E-state index in [2.05, 4.69) is 25.8 Å². The summed E-state index contributed by atoms with van der Waals surface area (Å²) in [5.74, 6) is 2.43. The smallest absolute Gasteiger partial charge is 0.0899 e. The maximum absolute atomic E-state index is 5.55. The van der Waals surface area contributed by atoms with Gasteiger partial charge >= 0.3 is 0 Å². The molecule has 0 amide bonds. The molecule has 78 valence electrons. The number of thioether (sulfide) groups is 1. The summed E-state index contributed by atoms with van der Waals surface area (Å²) in [4.78, 5) is 2.80. The van der Waals surface area contributed by atoms with Crippen LogP contribution in [-0.2, 0) is 0 Å². The Morgan fingerprint density at radius 1 is 1.62 bits per heavy atom. The van der Waals surface area contributed by atoms with Crippen molar-refractivity contribution in [2.24, 2.45) is 5.73 Å². The van der Waals surface area contributed by atoms with Crippen LogP contribution in [0.1, 0.15) is 20.3 Å². The average Bonchev–Trinajstić information content (AvgIpc) is 2.10. The van der Waals surface area contributed by atoms with Crippen LogP contribution in [0.5, 0.6) is 0 Å². The molecule has 0 saturated heterocycles. The molecule has 1 atom stereocenters. The second-order valence-electron chi connectivity index (χ2n) is 3.11. The predicted molar refractivity (Wildman–Crippen MR) is 66.5 cm³/mol. The number of hydrogen-bond acceptors (Lipinski definition) is 3. The monoisotopic (exact) mass is 220 g/mol. The number of nitrogens with zero attached hydrogens (tertiary/aromatic N) is 1. The van der Waals surface area contributed by atoms with Crippen LogP contribution in [0.3, 0.4) is 0 Å². The molecule has 0 aliphatic heterocycles. The molecule has 0 fully saturated rings. The van der Waals surface area contributed by atoms with Crippen LogP contribution in [0.4, 0.5) is 0 Å². The summed E-state index contributed by atoms with van der Waals surface area (Å²) in [5, 5.41) is 0. The van der Waals surface area contributed by atoms with E-state index in [1.54, 1.807) is 0 Å². The fourth-order valence-electron chi connectivity index (χ4n) is 0.971. The summed E-state index contributed by atoms with van der Waals surface area (Å²) in [6.45, 7) is 5.31. The SMILES string of the molecule is CCSCCCN(C)C(C)C(N)=S. The molecule has 1 unspecified atom stereocenters. The van der Waals surface area contributed by atoms with Crippen LogP contribution >= 0.6 is 24.0 Å². The third-order valence-corrected chi connectivity index (χ3v) is 3.40. The van der Waals surface area contributed by atoms with E-state index in [0.717, 1.165) is 6.54 Å². The van der Waals surface area contributed by atoms with Crippen LogP contribution in [-0.4, -0.2) is 41.0 Å². The van der Waals surface area contributed by atoms with Crippen LogP contribution in [0.2, 0.25) is 0 Å². The molecule has 0 aromatic rings. The van der Waals surface area contributed by atoms with Gasteiger partial charge in [0.25, 0.3) is 0 Å². The fraction of sp³-hybridized carbons (Fsp3) is 0.889. The van der Waals surface area contributed by atoms with Crippen LogP contribution in [0.15, 0.2) is 0 Å². The van der Waals surface area contributed by atoms with Crippen LogP contribution in [0, 0.1) is 0 Å². The van der Waals surface area contributed by atoms with Gasteiger partial charge in [-0.1, -0.05) is 19.1 Å². The molecule has 0 bridgehead atoms. The Labute approximate surface area is 91.2 Å². The highest BCUT2D eigenvalue weighted by molar-refractivity contribution is 7.99. The standard InChI is InChI=1S/C9H20N2S2/c1-4-13-7-5-6-11(3)8(2)9(10)12/h8H,4-7H2,1-3H3,(H2,10,12). The molecule has 0 aromatic carbocycles. The lowest BCUT2D eigenvalue weighted by atomic mass is 10.3. The maximum Gasteiger partial charge on any atom is 0.0899 e. The zero-order valence-electron chi connectivity index (χ0n) is 8.75. The van der Waals surface area contributed by atoms with Gasteiger partial charge < -0.3 is 5.73 Å². The number of nitrogens with two attached hydrogens (primary N) is 1. The highest BCUT2D eigenvalue weighted by Gasteiger charge is 2.10. The Bertz CT molecular complexity index is 151. The minimum atomic E-state index is 0.224. The van der Waals surface area contributed by atoms with Crippen molar-refractivity contribution in [3.05, 3.63) is 0 Å². The van der Waals surface area contributed by atoms with Gasteiger partial charge in [0, 0.05) is 0 Å². The van der Waals surface area contributed by atoms with Gasteiger partial charge in [-0.15, -0.1) is 0 Å². The van der Waals surface area contributed by atoms with E-state index in [9.17, 15) is 0 Å². The summed E-state index contributed by atoms with van der Waals surface area (Å²) >= 11 is 6.91. The summed E-state index contributed by atoms with van der Waals surface area (Å²) < 4.78 is 0. The van der Waals surface area contributed by atoms with Gasteiger partial charge in [-0.3, -0.25) is 4.90 Å². The molecule has 2 N–H and O–H groups in total. The quantitative estimate of drug-likeness (QED) is 0.523. The van der Waals surface area contributed by atoms with E-state index in [-0.39, 0.29) is 6.04 Å². The summed E-state index contributed by atoms with van der Waals surface area (Å²) in [6.07, 6.45) is 1.21. The van der Waals surface area contributed by atoms with Crippen molar-refractivity contribution in [3.8, 4) is 0 Å². The van der Waals surface area contributed by atoms with E-state index >= 15 is 0 Å². The first kappa shape index (κ1) is 13.2. The summed E-state index contributed by atoms with van der Waals surface area (Å²) in [7, 11) is 2.07. The lowest BCUT2D eigenvalue weighted by Gasteiger charge is -2.23. The van der Waals surface area contributed by atoms with E-state index in [4.69, 9.17) is 18.0 Å². The Morgan fingerprint density at radius 2 is 2.23 bits per heavy atom. The minimum Gasteiger partial charge on any atom is -0.392 e. The van der Waals surface area contributed by atoms with Gasteiger partial charge in [-0.2, -0.15) is 11.8 Å². The molecule has 0 aliphatic rings. The number of likely N-dealkylation sites (N-methyl/N-ethyl adjacent to an activating group) is 1. The van der Waals surface area contributed by atoms with Crippen molar-refractivity contribution in [1.29, 1.82) is 0 Å². The number of rotatable bonds is 7. The van der Waals surface area contributed by atoms with Gasteiger partial charge in [0.15, 0.2) is 0 Å². The van der Waals surface area contributed by atoms with Gasteiger partial charge in [-0.25, -0.2) is 0 Å². The molecule has 0 aromatic heterocycles. The zero-order valence-corrected chi connectivity index (χ0v) is 10.4. The highest BCUT2D eigenvalue weighted by atomic mass is 32.2. The Kier molecular flexibility index (Phi) is 7.71. The first-order chi connectivity index (χ1) is 6.09. The first-order valence-corrected chi connectivity index (χ1v) is 6.23. The van der Waals surface area contributed by atoms with Crippen molar-refractivity contribution in [2.75, 3.05) is 25.1 Å². The molecule has 0 saturated carbocycles. The first-order valence-electron chi connectivity index (χ1n) is 4.66. The van der Waals surface area contributed by atoms with E-state index in [1.807, 2.05) is 11.8 Å². The van der Waals surface area contributed by atoms with E-state index in [1.165, 1.54) is 17.9 Å². The largest absolute Gasteiger partial charge is 0.392 e. The second kappa shape index (κ2) is 7.59. The number of thiocarbonyl (C=S) groups is 1. The van der Waals surface area contributed by atoms with Gasteiger partial charge in [0.05, 0.1) is 11.0 Å². The Morgan fingerprint density at radius 3 is 2.69 bits per heavy atom. The third kappa shape index (κ3) is 6.29. The molecule has 0 spiro atoms. The fourth-order valence-corrected chi connectivity index (χ4v) is 1.77. The molecule has 13 heavy (non-hydrogen) atoms. The summed E-state index contributed by atoms with van der Waals surface area (Å²) in [5.41, 5.74) is 5.55. The zero-order chi connectivity index (χ0) is 10.3. The normalized spacial score (nSPS) is 13.2. The van der Waals surface area contributed by atoms with Gasteiger partial charge in [0.1, 0.15) is 0 Å². The van der Waals surface area contributed by atoms with Crippen molar-refractivity contribution in [2.45, 2.75) is 26.3 Å². The second-order valence-corrected chi connectivity index (χ2v) is 4.97. The molecule has 2 nitrogen and oxygen atoms in total. The van der Waals surface area contributed by atoms with Gasteiger partial charge in [-0.05, 0) is 38.4 Å². The molecule has 0 aliphatic carbocycles. The maximum atomic E-state index is 5.55. The van der Waals surface area contributed by atoms with E-state index in [0.29, 0.717) is 4.99 Å². The highest BCUT2D eigenvalue weighted by Crippen LogP contribution is 2.03. The van der Waals surface area contributed by atoms with Crippen molar-refractivity contribution in [3.63, 3.8) is 0 Å². The van der Waals surface area contributed by atoms with Crippen LogP contribution < -0.4 is 5.73 Å². The van der Waals surface area contributed by atoms with Gasteiger partial charge in [0.2, 0.25) is 0 Å². The Hall–Kier alpha value is 0.200. The van der Waals surface area contributed by atoms with Crippen molar-refractivity contribution >= 4 is 29.0 Å². The lowest BCUT2D eigenvalue weighted by molar-refractivity contribution is 0.314. The number of hydrogen-bond donors (Lipinski definition) is 1. The predicted octanol–water partition coefficient (Wildman–Crippen LogP) is 1.74. The van der Waals surface area contributed by atoms with E-state index < -0.39 is 0 Å². The third-order valence-electron chi connectivity index (χ3n) is 2.08. The minimum absolute atomic E-state index is 0.224. The van der Waals surface area contributed by atoms with Crippen molar-refractivity contribution < 1.29 is 0 Å². The lowest BCUT2D eigenvalue weighted by Crippen LogP contribution is -2.39. The van der Waals surface area contributed by atoms with Crippen LogP contribution in [0.25, 0.3) is 0 Å².